The number of benzene rings is 2. The number of nitrogens with one attached hydrogen (secondary N) is 2. The van der Waals surface area contributed by atoms with E-state index in [1.54, 1.807) is 48.5 Å². The Hall–Kier alpha value is -4.13. The zero-order valence-corrected chi connectivity index (χ0v) is 17.3. The van der Waals surface area contributed by atoms with E-state index in [2.05, 4.69) is 15.6 Å². The number of carbonyl (C=O) groups is 2. The van der Waals surface area contributed by atoms with Crippen molar-refractivity contribution in [2.45, 2.75) is 20.5 Å². The van der Waals surface area contributed by atoms with Crippen LogP contribution in [0.2, 0.25) is 0 Å². The van der Waals surface area contributed by atoms with Crippen molar-refractivity contribution in [3.63, 3.8) is 0 Å². The molecule has 2 aromatic heterocycles. The third-order valence-electron chi connectivity index (χ3n) is 4.65. The molecule has 2 heterocycles. The molecule has 156 valence electrons. The second-order valence-corrected chi connectivity index (χ2v) is 7.19. The molecule has 0 aliphatic carbocycles. The van der Waals surface area contributed by atoms with E-state index in [-0.39, 0.29) is 11.8 Å². The van der Waals surface area contributed by atoms with Crippen LogP contribution in [-0.2, 0) is 11.4 Å². The highest BCUT2D eigenvalue weighted by Crippen LogP contribution is 2.19. The average molecular weight is 414 g/mol. The molecule has 0 spiro atoms. The number of anilines is 2. The summed E-state index contributed by atoms with van der Waals surface area (Å²) in [7, 11) is 0. The number of aromatic nitrogens is 2. The molecule has 0 aliphatic heterocycles. The minimum absolute atomic E-state index is 0.172. The maximum absolute atomic E-state index is 12.7. The fourth-order valence-corrected chi connectivity index (χ4v) is 3.24. The molecule has 0 aliphatic rings. The van der Waals surface area contributed by atoms with Gasteiger partial charge in [0.05, 0.1) is 5.69 Å². The van der Waals surface area contributed by atoms with Crippen molar-refractivity contribution in [3.8, 4) is 5.75 Å². The van der Waals surface area contributed by atoms with E-state index < -0.39 is 0 Å². The van der Waals surface area contributed by atoms with Gasteiger partial charge in [0, 0.05) is 36.3 Å². The van der Waals surface area contributed by atoms with Gasteiger partial charge in [-0.25, -0.2) is 4.98 Å². The highest BCUT2D eigenvalue weighted by molar-refractivity contribution is 6.04. The molecule has 0 radical (unpaired) electrons. The van der Waals surface area contributed by atoms with Gasteiger partial charge in [0.1, 0.15) is 18.0 Å². The molecule has 4 rings (SSSR count). The van der Waals surface area contributed by atoms with Crippen molar-refractivity contribution in [3.05, 3.63) is 89.9 Å². The first-order valence-corrected chi connectivity index (χ1v) is 9.83. The molecule has 0 unspecified atom stereocenters. The Bertz CT molecular complexity index is 1260. The number of aryl methyl sites for hydroxylation is 1. The van der Waals surface area contributed by atoms with Gasteiger partial charge in [0.25, 0.3) is 5.91 Å². The smallest absolute Gasteiger partial charge is 0.255 e. The van der Waals surface area contributed by atoms with Gasteiger partial charge in [-0.2, -0.15) is 0 Å². The van der Waals surface area contributed by atoms with Gasteiger partial charge < -0.3 is 19.8 Å². The van der Waals surface area contributed by atoms with E-state index in [0.29, 0.717) is 29.3 Å². The first-order chi connectivity index (χ1) is 15.0. The van der Waals surface area contributed by atoms with Crippen molar-refractivity contribution in [2.75, 3.05) is 10.6 Å². The third kappa shape index (κ3) is 4.90. The van der Waals surface area contributed by atoms with Crippen LogP contribution in [-0.4, -0.2) is 21.2 Å². The molecule has 0 saturated carbocycles. The van der Waals surface area contributed by atoms with Crippen LogP contribution in [0.4, 0.5) is 11.4 Å². The number of hydrogen-bond acceptors (Lipinski definition) is 4. The van der Waals surface area contributed by atoms with Gasteiger partial charge in [0.2, 0.25) is 5.91 Å². The van der Waals surface area contributed by atoms with Gasteiger partial charge in [-0.3, -0.25) is 9.59 Å². The Morgan fingerprint density at radius 2 is 1.77 bits per heavy atom. The van der Waals surface area contributed by atoms with Gasteiger partial charge >= 0.3 is 0 Å². The second kappa shape index (κ2) is 8.71. The predicted molar refractivity (Wildman–Crippen MR) is 119 cm³/mol. The number of carbonyl (C=O) groups excluding carboxylic acids is 2. The van der Waals surface area contributed by atoms with E-state index in [1.807, 2.05) is 35.9 Å². The number of hydrogen-bond donors (Lipinski definition) is 2. The molecule has 31 heavy (non-hydrogen) atoms. The lowest BCUT2D eigenvalue weighted by molar-refractivity contribution is -0.114. The number of imidazole rings is 1. The molecule has 0 bridgehead atoms. The quantitative estimate of drug-likeness (QED) is 0.489. The highest BCUT2D eigenvalue weighted by Gasteiger charge is 2.09. The summed E-state index contributed by atoms with van der Waals surface area (Å²) < 4.78 is 7.83. The summed E-state index contributed by atoms with van der Waals surface area (Å²) in [4.78, 5) is 28.5. The summed E-state index contributed by atoms with van der Waals surface area (Å²) in [5.41, 5.74) is 4.46. The zero-order chi connectivity index (χ0) is 21.8. The fourth-order valence-electron chi connectivity index (χ4n) is 3.24. The number of nitrogens with zero attached hydrogens (tertiary/aromatic N) is 2. The third-order valence-corrected chi connectivity index (χ3v) is 4.65. The summed E-state index contributed by atoms with van der Waals surface area (Å²) >= 11 is 0. The summed E-state index contributed by atoms with van der Waals surface area (Å²) in [5, 5.41) is 5.53. The molecule has 0 fully saturated rings. The number of pyridine rings is 1. The normalized spacial score (nSPS) is 10.6. The summed E-state index contributed by atoms with van der Waals surface area (Å²) in [6.45, 7) is 3.75. The Morgan fingerprint density at radius 3 is 2.55 bits per heavy atom. The maximum Gasteiger partial charge on any atom is 0.255 e. The van der Waals surface area contributed by atoms with E-state index in [4.69, 9.17) is 4.74 Å². The Balaban J connectivity index is 1.43. The Labute approximate surface area is 179 Å². The number of rotatable bonds is 6. The Kier molecular flexibility index (Phi) is 5.66. The van der Waals surface area contributed by atoms with Crippen LogP contribution in [0.3, 0.4) is 0 Å². The number of ether oxygens (including phenoxy) is 1. The maximum atomic E-state index is 12.7. The van der Waals surface area contributed by atoms with Gasteiger partial charge in [-0.1, -0.05) is 18.2 Å². The largest absolute Gasteiger partial charge is 0.487 e. The Morgan fingerprint density at radius 1 is 1.00 bits per heavy atom. The topological polar surface area (TPSA) is 84.7 Å². The summed E-state index contributed by atoms with van der Waals surface area (Å²) in [6, 6.07) is 17.9. The molecule has 2 aromatic carbocycles. The SMILES string of the molecule is CC(=O)Nc1cccc(NC(=O)c2cccc(OCc3cn4cccc(C)c4n3)c2)c1. The second-order valence-electron chi connectivity index (χ2n) is 7.19. The van der Waals surface area contributed by atoms with Crippen molar-refractivity contribution >= 4 is 28.8 Å². The van der Waals surface area contributed by atoms with Crippen LogP contribution in [0.25, 0.3) is 5.65 Å². The molecule has 7 heteroatoms. The van der Waals surface area contributed by atoms with Crippen LogP contribution in [0, 0.1) is 6.92 Å². The fraction of sp³-hybridized carbons (Fsp3) is 0.125. The monoisotopic (exact) mass is 414 g/mol. The lowest BCUT2D eigenvalue weighted by atomic mass is 10.2. The van der Waals surface area contributed by atoms with Crippen LogP contribution < -0.4 is 15.4 Å². The molecule has 2 amide bonds. The van der Waals surface area contributed by atoms with Crippen LogP contribution in [0.15, 0.2) is 73.1 Å². The minimum atomic E-state index is -0.270. The van der Waals surface area contributed by atoms with Crippen molar-refractivity contribution in [1.82, 2.24) is 9.38 Å². The minimum Gasteiger partial charge on any atom is -0.487 e. The summed E-state index contributed by atoms with van der Waals surface area (Å²) in [6.07, 6.45) is 3.88. The molecule has 0 saturated heterocycles. The van der Waals surface area contributed by atoms with Crippen LogP contribution in [0.5, 0.6) is 5.75 Å². The standard InChI is InChI=1S/C24H22N4O3/c1-16-6-5-11-28-14-21(26-23(16)28)15-31-22-10-3-7-18(12-22)24(30)27-20-9-4-8-19(13-20)25-17(2)29/h3-14H,15H2,1-2H3,(H,25,29)(H,27,30). The van der Waals surface area contributed by atoms with Crippen molar-refractivity contribution in [2.24, 2.45) is 0 Å². The van der Waals surface area contributed by atoms with E-state index in [9.17, 15) is 9.59 Å². The zero-order valence-electron chi connectivity index (χ0n) is 17.3. The lowest BCUT2D eigenvalue weighted by Gasteiger charge is -2.09. The molecular weight excluding hydrogens is 392 g/mol. The first kappa shape index (κ1) is 20.2. The van der Waals surface area contributed by atoms with E-state index in [0.717, 1.165) is 16.9 Å². The molecular formula is C24H22N4O3. The molecule has 7 nitrogen and oxygen atoms in total. The summed E-state index contributed by atoms with van der Waals surface area (Å²) in [5.74, 6) is 0.135. The van der Waals surface area contributed by atoms with Gasteiger partial charge in [-0.15, -0.1) is 0 Å². The van der Waals surface area contributed by atoms with Crippen molar-refractivity contribution < 1.29 is 14.3 Å². The van der Waals surface area contributed by atoms with E-state index in [1.165, 1.54) is 6.92 Å². The van der Waals surface area contributed by atoms with E-state index >= 15 is 0 Å². The number of amides is 2. The lowest BCUT2D eigenvalue weighted by Crippen LogP contribution is -2.12. The van der Waals surface area contributed by atoms with Crippen molar-refractivity contribution in [1.29, 1.82) is 0 Å². The van der Waals surface area contributed by atoms with Gasteiger partial charge in [-0.05, 0) is 55.0 Å². The molecule has 0 atom stereocenters. The average Bonchev–Trinajstić information content (AvgIpc) is 3.17. The first-order valence-electron chi connectivity index (χ1n) is 9.83. The molecule has 2 N–H and O–H groups in total. The number of fused-ring (bicyclic) bond motifs is 1. The predicted octanol–water partition coefficient (Wildman–Crippen LogP) is 4.43. The van der Waals surface area contributed by atoms with Crippen LogP contribution in [0.1, 0.15) is 28.5 Å². The van der Waals surface area contributed by atoms with Gasteiger partial charge in [0.15, 0.2) is 0 Å². The van der Waals surface area contributed by atoms with Crippen LogP contribution >= 0.6 is 0 Å². The molecule has 4 aromatic rings. The highest BCUT2D eigenvalue weighted by atomic mass is 16.5.